The second-order valence-corrected chi connectivity index (χ2v) is 4.85. The highest BCUT2D eigenvalue weighted by Gasteiger charge is 2.54. The van der Waals surface area contributed by atoms with Gasteiger partial charge in [0.2, 0.25) is 0 Å². The molecule has 0 N–H and O–H groups in total. The van der Waals surface area contributed by atoms with E-state index in [-0.39, 0.29) is 0 Å². The molecule has 2 rings (SSSR count). The molecule has 1 heterocycles. The third-order valence-corrected chi connectivity index (χ3v) is 3.37. The molecule has 0 aromatic heterocycles. The number of benzene rings is 1. The van der Waals surface area contributed by atoms with Gasteiger partial charge in [0, 0.05) is 0 Å². The van der Waals surface area contributed by atoms with E-state index in [9.17, 15) is 4.39 Å². The monoisotopic (exact) mass is 222 g/mol. The summed E-state index contributed by atoms with van der Waals surface area (Å²) in [5, 5.41) is 0. The number of rotatable bonds is 2. The van der Waals surface area contributed by atoms with E-state index in [0.717, 1.165) is 5.46 Å². The normalized spacial score (nSPS) is 28.4. The predicted octanol–water partition coefficient (Wildman–Crippen LogP) is 1.94. The lowest BCUT2D eigenvalue weighted by molar-refractivity contribution is -0.0260. The van der Waals surface area contributed by atoms with Gasteiger partial charge in [0.25, 0.3) is 0 Å². The largest absolute Gasteiger partial charge is 0.494 e. The lowest BCUT2D eigenvalue weighted by Gasteiger charge is -2.33. The Morgan fingerprint density at radius 3 is 2.25 bits per heavy atom. The second-order valence-electron chi connectivity index (χ2n) is 4.85. The summed E-state index contributed by atoms with van der Waals surface area (Å²) in [7, 11) is -0.475. The standard InChI is InChI=1S/C12H16BFO2/c1-11(2)12(3,9-14)16-13(15-11)10-7-5-4-6-8-10/h4-8H,9H2,1-3H3. The van der Waals surface area contributed by atoms with Crippen LogP contribution in [0.2, 0.25) is 0 Å². The molecule has 1 aromatic rings. The van der Waals surface area contributed by atoms with Crippen molar-refractivity contribution in [3.05, 3.63) is 30.3 Å². The molecule has 1 aliphatic heterocycles. The molecule has 0 bridgehead atoms. The van der Waals surface area contributed by atoms with Gasteiger partial charge in [0.05, 0.1) is 5.60 Å². The zero-order valence-corrected chi connectivity index (χ0v) is 9.87. The van der Waals surface area contributed by atoms with E-state index in [1.807, 2.05) is 44.2 Å². The van der Waals surface area contributed by atoms with Crippen molar-refractivity contribution >= 4 is 12.6 Å². The fraction of sp³-hybridized carbons (Fsp3) is 0.500. The van der Waals surface area contributed by atoms with Crippen LogP contribution in [0.25, 0.3) is 0 Å². The van der Waals surface area contributed by atoms with Crippen molar-refractivity contribution < 1.29 is 13.7 Å². The number of hydrogen-bond donors (Lipinski definition) is 0. The molecule has 1 fully saturated rings. The topological polar surface area (TPSA) is 18.5 Å². The summed E-state index contributed by atoms with van der Waals surface area (Å²) in [6.45, 7) is 4.91. The van der Waals surface area contributed by atoms with Gasteiger partial charge in [-0.15, -0.1) is 0 Å². The van der Waals surface area contributed by atoms with E-state index in [0.29, 0.717) is 0 Å². The minimum Gasteiger partial charge on any atom is -0.399 e. The second kappa shape index (κ2) is 3.86. The minimum absolute atomic E-state index is 0.475. The Labute approximate surface area is 95.9 Å². The Bertz CT molecular complexity index is 369. The Morgan fingerprint density at radius 1 is 1.12 bits per heavy atom. The Balaban J connectivity index is 2.25. The van der Waals surface area contributed by atoms with Gasteiger partial charge in [-0.3, -0.25) is 0 Å². The summed E-state index contributed by atoms with van der Waals surface area (Å²) < 4.78 is 24.5. The van der Waals surface area contributed by atoms with Gasteiger partial charge >= 0.3 is 7.12 Å². The van der Waals surface area contributed by atoms with Crippen LogP contribution < -0.4 is 5.46 Å². The average Bonchev–Trinajstić information content (AvgIpc) is 2.52. The molecule has 16 heavy (non-hydrogen) atoms. The molecule has 86 valence electrons. The van der Waals surface area contributed by atoms with Crippen molar-refractivity contribution in [2.75, 3.05) is 6.67 Å². The van der Waals surface area contributed by atoms with Crippen LogP contribution in [0.15, 0.2) is 30.3 Å². The molecule has 0 amide bonds. The van der Waals surface area contributed by atoms with E-state index < -0.39 is 25.0 Å². The summed E-state index contributed by atoms with van der Waals surface area (Å²) in [5.74, 6) is 0. The van der Waals surface area contributed by atoms with Crippen molar-refractivity contribution in [1.82, 2.24) is 0 Å². The first-order valence-electron chi connectivity index (χ1n) is 5.45. The summed E-state index contributed by atoms with van der Waals surface area (Å²) in [4.78, 5) is 0. The number of hydrogen-bond acceptors (Lipinski definition) is 2. The molecule has 2 nitrogen and oxygen atoms in total. The lowest BCUT2D eigenvalue weighted by atomic mass is 9.79. The van der Waals surface area contributed by atoms with Gasteiger partial charge < -0.3 is 9.31 Å². The summed E-state index contributed by atoms with van der Waals surface area (Å²) in [6, 6.07) is 9.60. The van der Waals surface area contributed by atoms with E-state index in [1.165, 1.54) is 0 Å². The molecule has 4 heteroatoms. The van der Waals surface area contributed by atoms with Crippen molar-refractivity contribution in [2.45, 2.75) is 32.0 Å². The average molecular weight is 222 g/mol. The number of alkyl halides is 1. The Hall–Kier alpha value is -0.865. The summed E-state index contributed by atoms with van der Waals surface area (Å²) in [6.07, 6.45) is 0. The molecule has 1 unspecified atom stereocenters. The molecule has 0 aliphatic carbocycles. The first-order chi connectivity index (χ1) is 7.48. The third kappa shape index (κ3) is 1.76. The maximum atomic E-state index is 13.1. The maximum Gasteiger partial charge on any atom is 0.494 e. The van der Waals surface area contributed by atoms with Crippen LogP contribution in [0.4, 0.5) is 4.39 Å². The smallest absolute Gasteiger partial charge is 0.399 e. The fourth-order valence-electron chi connectivity index (χ4n) is 1.73. The van der Waals surface area contributed by atoms with Crippen molar-refractivity contribution in [2.24, 2.45) is 0 Å². The first kappa shape index (κ1) is 11.6. The molecule has 0 spiro atoms. The van der Waals surface area contributed by atoms with Gasteiger partial charge in [-0.05, 0) is 26.2 Å². The van der Waals surface area contributed by atoms with Crippen molar-refractivity contribution in [3.8, 4) is 0 Å². The zero-order chi connectivity index (χ0) is 11.8. The predicted molar refractivity (Wildman–Crippen MR) is 62.5 cm³/mol. The first-order valence-corrected chi connectivity index (χ1v) is 5.45. The molecule has 0 radical (unpaired) electrons. The summed E-state index contributed by atoms with van der Waals surface area (Å²) >= 11 is 0. The van der Waals surface area contributed by atoms with E-state index in [4.69, 9.17) is 9.31 Å². The number of halogens is 1. The highest BCUT2D eigenvalue weighted by Crippen LogP contribution is 2.37. The molecule has 0 saturated carbocycles. The van der Waals surface area contributed by atoms with Crippen LogP contribution in [0.5, 0.6) is 0 Å². The van der Waals surface area contributed by atoms with Gasteiger partial charge in [0.15, 0.2) is 0 Å². The summed E-state index contributed by atoms with van der Waals surface area (Å²) in [5.41, 5.74) is -0.580. The Morgan fingerprint density at radius 2 is 1.75 bits per heavy atom. The van der Waals surface area contributed by atoms with Crippen LogP contribution in [0, 0.1) is 0 Å². The van der Waals surface area contributed by atoms with Crippen LogP contribution in [-0.4, -0.2) is 25.0 Å². The van der Waals surface area contributed by atoms with E-state index in [2.05, 4.69) is 0 Å². The van der Waals surface area contributed by atoms with Crippen LogP contribution in [-0.2, 0) is 9.31 Å². The van der Waals surface area contributed by atoms with Crippen molar-refractivity contribution in [1.29, 1.82) is 0 Å². The molecule has 1 aliphatic rings. The van der Waals surface area contributed by atoms with Crippen LogP contribution in [0.1, 0.15) is 20.8 Å². The fourth-order valence-corrected chi connectivity index (χ4v) is 1.73. The van der Waals surface area contributed by atoms with Crippen LogP contribution in [0.3, 0.4) is 0 Å². The highest BCUT2D eigenvalue weighted by molar-refractivity contribution is 6.62. The minimum atomic E-state index is -0.881. The van der Waals surface area contributed by atoms with Gasteiger partial charge in [-0.25, -0.2) is 4.39 Å². The van der Waals surface area contributed by atoms with E-state index >= 15 is 0 Å². The van der Waals surface area contributed by atoms with Gasteiger partial charge in [-0.1, -0.05) is 30.3 Å². The molecule has 1 saturated heterocycles. The quantitative estimate of drug-likeness (QED) is 0.712. The Kier molecular flexibility index (Phi) is 2.80. The van der Waals surface area contributed by atoms with Crippen molar-refractivity contribution in [3.63, 3.8) is 0 Å². The van der Waals surface area contributed by atoms with E-state index in [1.54, 1.807) is 6.92 Å². The van der Waals surface area contributed by atoms with Gasteiger partial charge in [0.1, 0.15) is 12.3 Å². The zero-order valence-electron chi connectivity index (χ0n) is 9.87. The highest BCUT2D eigenvalue weighted by atomic mass is 19.1. The molecular formula is C12H16BFO2. The molecule has 1 aromatic carbocycles. The third-order valence-electron chi connectivity index (χ3n) is 3.37. The maximum absolute atomic E-state index is 13.1. The van der Waals surface area contributed by atoms with Gasteiger partial charge in [-0.2, -0.15) is 0 Å². The lowest BCUT2D eigenvalue weighted by Crippen LogP contribution is -2.46. The molecule has 1 atom stereocenters. The SMILES string of the molecule is CC1(C)OB(c2ccccc2)OC1(C)CF. The van der Waals surface area contributed by atoms with Crippen LogP contribution >= 0.6 is 0 Å². The molecular weight excluding hydrogens is 206 g/mol.